The molecule has 1 aliphatic rings. The molecule has 1 fully saturated rings. The third kappa shape index (κ3) is 8.23. The minimum Gasteiger partial charge on any atom is -0.379 e. The van der Waals surface area contributed by atoms with Gasteiger partial charge in [-0.2, -0.15) is 0 Å². The van der Waals surface area contributed by atoms with Crippen LogP contribution in [0.5, 0.6) is 0 Å². The number of rotatable bonds is 9. The van der Waals surface area contributed by atoms with Crippen molar-refractivity contribution in [1.29, 1.82) is 0 Å². The van der Waals surface area contributed by atoms with E-state index in [-0.39, 0.29) is 12.5 Å². The zero-order valence-corrected chi connectivity index (χ0v) is 17.5. The lowest BCUT2D eigenvalue weighted by Crippen LogP contribution is -2.45. The van der Waals surface area contributed by atoms with Crippen LogP contribution in [-0.4, -0.2) is 93.2 Å². The molecule has 1 aromatic rings. The second kappa shape index (κ2) is 11.9. The number of carbonyl (C=O) groups excluding carboxylic acids is 1. The van der Waals surface area contributed by atoms with E-state index in [0.29, 0.717) is 5.96 Å². The maximum atomic E-state index is 11.8. The molecule has 152 valence electrons. The SMILES string of the molecule is CCc1cnc(CCNC(=NCC(=O)N(C)C)NCCN2CCOCC2)s1. The van der Waals surface area contributed by atoms with Crippen LogP contribution in [0.3, 0.4) is 0 Å². The van der Waals surface area contributed by atoms with Crippen LogP contribution in [0.4, 0.5) is 0 Å². The Hall–Kier alpha value is -1.71. The third-order valence-corrected chi connectivity index (χ3v) is 5.48. The van der Waals surface area contributed by atoms with Gasteiger partial charge in [-0.15, -0.1) is 11.3 Å². The van der Waals surface area contributed by atoms with Gasteiger partial charge in [0.2, 0.25) is 5.91 Å². The zero-order valence-electron chi connectivity index (χ0n) is 16.7. The van der Waals surface area contributed by atoms with Gasteiger partial charge in [0.05, 0.1) is 18.2 Å². The largest absolute Gasteiger partial charge is 0.379 e. The Kier molecular flexibility index (Phi) is 9.51. The van der Waals surface area contributed by atoms with Gasteiger partial charge in [-0.25, -0.2) is 9.98 Å². The second-order valence-corrected chi connectivity index (χ2v) is 7.78. The fourth-order valence-electron chi connectivity index (χ4n) is 2.53. The summed E-state index contributed by atoms with van der Waals surface area (Å²) in [5.74, 6) is 0.655. The first-order chi connectivity index (χ1) is 13.1. The van der Waals surface area contributed by atoms with E-state index in [1.54, 1.807) is 30.3 Å². The number of ether oxygens (including phenoxy) is 1. The van der Waals surface area contributed by atoms with Gasteiger partial charge >= 0.3 is 0 Å². The van der Waals surface area contributed by atoms with E-state index in [1.165, 1.54) is 4.88 Å². The number of carbonyl (C=O) groups is 1. The van der Waals surface area contributed by atoms with Crippen LogP contribution in [0.1, 0.15) is 16.8 Å². The predicted molar refractivity (Wildman–Crippen MR) is 109 cm³/mol. The lowest BCUT2D eigenvalue weighted by Gasteiger charge is -2.26. The molecule has 0 saturated carbocycles. The Labute approximate surface area is 166 Å². The number of nitrogens with one attached hydrogen (secondary N) is 2. The normalized spacial score (nSPS) is 15.6. The molecule has 0 aliphatic carbocycles. The summed E-state index contributed by atoms with van der Waals surface area (Å²) >= 11 is 1.75. The number of hydrogen-bond donors (Lipinski definition) is 2. The van der Waals surface area contributed by atoms with Gasteiger partial charge in [-0.05, 0) is 6.42 Å². The van der Waals surface area contributed by atoms with Crippen LogP contribution in [0, 0.1) is 0 Å². The van der Waals surface area contributed by atoms with Crippen LogP contribution in [0.2, 0.25) is 0 Å². The van der Waals surface area contributed by atoms with Gasteiger partial charge in [0.15, 0.2) is 5.96 Å². The van der Waals surface area contributed by atoms with Crippen LogP contribution >= 0.6 is 11.3 Å². The average molecular weight is 397 g/mol. The first-order valence-corrected chi connectivity index (χ1v) is 10.4. The molecule has 1 aliphatic heterocycles. The number of amides is 1. The number of nitrogens with zero attached hydrogens (tertiary/aromatic N) is 4. The molecule has 0 bridgehead atoms. The van der Waals surface area contributed by atoms with Crippen molar-refractivity contribution in [1.82, 2.24) is 25.4 Å². The standard InChI is InChI=1S/C18H32N6O2S/c1-4-15-13-21-16(27-15)5-6-19-18(22-14-17(25)23(2)3)20-7-8-24-9-11-26-12-10-24/h13H,4-12,14H2,1-3H3,(H2,19,20,22). The summed E-state index contributed by atoms with van der Waals surface area (Å²) in [5, 5.41) is 7.77. The van der Waals surface area contributed by atoms with Crippen molar-refractivity contribution in [2.24, 2.45) is 4.99 Å². The van der Waals surface area contributed by atoms with Crippen LogP contribution in [0.15, 0.2) is 11.2 Å². The number of aryl methyl sites for hydroxylation is 1. The van der Waals surface area contributed by atoms with Crippen LogP contribution in [-0.2, 0) is 22.4 Å². The summed E-state index contributed by atoms with van der Waals surface area (Å²) in [6.07, 6.45) is 3.81. The fraction of sp³-hybridized carbons (Fsp3) is 0.722. The molecule has 0 spiro atoms. The van der Waals surface area contributed by atoms with E-state index >= 15 is 0 Å². The summed E-state index contributed by atoms with van der Waals surface area (Å²) in [6.45, 7) is 8.23. The maximum absolute atomic E-state index is 11.8. The van der Waals surface area contributed by atoms with Gasteiger partial charge in [0.25, 0.3) is 0 Å². The molecule has 27 heavy (non-hydrogen) atoms. The number of hydrogen-bond acceptors (Lipinski definition) is 6. The van der Waals surface area contributed by atoms with Gasteiger partial charge in [0.1, 0.15) is 6.54 Å². The number of morpholine rings is 1. The molecule has 1 aromatic heterocycles. The topological polar surface area (TPSA) is 82.1 Å². The molecule has 0 unspecified atom stereocenters. The van der Waals surface area contributed by atoms with E-state index in [2.05, 4.69) is 32.4 Å². The summed E-state index contributed by atoms with van der Waals surface area (Å²) in [4.78, 5) is 25.9. The number of guanidine groups is 1. The Morgan fingerprint density at radius 1 is 1.33 bits per heavy atom. The minimum atomic E-state index is -0.0169. The summed E-state index contributed by atoms with van der Waals surface area (Å²) in [7, 11) is 3.48. The molecule has 8 nitrogen and oxygen atoms in total. The molecule has 2 N–H and O–H groups in total. The van der Waals surface area contributed by atoms with E-state index in [9.17, 15) is 4.79 Å². The van der Waals surface area contributed by atoms with Crippen LogP contribution < -0.4 is 10.6 Å². The highest BCUT2D eigenvalue weighted by molar-refractivity contribution is 7.11. The van der Waals surface area contributed by atoms with Gasteiger partial charge in [-0.1, -0.05) is 6.92 Å². The van der Waals surface area contributed by atoms with Crippen molar-refractivity contribution in [3.63, 3.8) is 0 Å². The zero-order chi connectivity index (χ0) is 19.5. The van der Waals surface area contributed by atoms with Crippen molar-refractivity contribution < 1.29 is 9.53 Å². The summed E-state index contributed by atoms with van der Waals surface area (Å²) in [6, 6.07) is 0. The molecular formula is C18H32N6O2S. The van der Waals surface area contributed by atoms with Gasteiger partial charge in [0, 0.05) is 64.3 Å². The first-order valence-electron chi connectivity index (χ1n) is 9.54. The number of thiazole rings is 1. The molecule has 2 rings (SSSR count). The monoisotopic (exact) mass is 396 g/mol. The van der Waals surface area contributed by atoms with E-state index < -0.39 is 0 Å². The molecule has 1 saturated heterocycles. The number of aliphatic imine (C=N–C) groups is 1. The first kappa shape index (κ1) is 21.6. The molecular weight excluding hydrogens is 364 g/mol. The van der Waals surface area contributed by atoms with Crippen molar-refractivity contribution in [3.05, 3.63) is 16.1 Å². The predicted octanol–water partition coefficient (Wildman–Crippen LogP) is 0.204. The third-order valence-electron chi connectivity index (χ3n) is 4.28. The Balaban J connectivity index is 1.80. The smallest absolute Gasteiger partial charge is 0.243 e. The van der Waals surface area contributed by atoms with Crippen molar-refractivity contribution in [3.8, 4) is 0 Å². The Morgan fingerprint density at radius 2 is 2.07 bits per heavy atom. The molecule has 0 radical (unpaired) electrons. The molecule has 0 atom stereocenters. The Bertz CT molecular complexity index is 598. The van der Waals surface area contributed by atoms with Crippen LogP contribution in [0.25, 0.3) is 0 Å². The van der Waals surface area contributed by atoms with E-state index in [0.717, 1.165) is 63.8 Å². The summed E-state index contributed by atoms with van der Waals surface area (Å²) < 4.78 is 5.37. The molecule has 2 heterocycles. The highest BCUT2D eigenvalue weighted by atomic mass is 32.1. The van der Waals surface area contributed by atoms with Crippen molar-refractivity contribution >= 4 is 23.2 Å². The molecule has 9 heteroatoms. The summed E-state index contributed by atoms with van der Waals surface area (Å²) in [5.41, 5.74) is 0. The molecule has 1 amide bonds. The van der Waals surface area contributed by atoms with E-state index in [4.69, 9.17) is 4.74 Å². The van der Waals surface area contributed by atoms with E-state index in [1.807, 2.05) is 6.20 Å². The van der Waals surface area contributed by atoms with Gasteiger partial charge < -0.3 is 20.3 Å². The quantitative estimate of drug-likeness (QED) is 0.459. The average Bonchev–Trinajstić information content (AvgIpc) is 3.14. The number of aromatic nitrogens is 1. The highest BCUT2D eigenvalue weighted by Gasteiger charge is 2.10. The fourth-order valence-corrected chi connectivity index (χ4v) is 3.40. The lowest BCUT2D eigenvalue weighted by molar-refractivity contribution is -0.127. The highest BCUT2D eigenvalue weighted by Crippen LogP contribution is 2.13. The molecule has 0 aromatic carbocycles. The minimum absolute atomic E-state index is 0.0169. The second-order valence-electron chi connectivity index (χ2n) is 6.58. The Morgan fingerprint density at radius 3 is 2.74 bits per heavy atom. The van der Waals surface area contributed by atoms with Gasteiger partial charge in [-0.3, -0.25) is 9.69 Å². The maximum Gasteiger partial charge on any atom is 0.243 e. The lowest BCUT2D eigenvalue weighted by atomic mass is 10.4. The van der Waals surface area contributed by atoms with Crippen molar-refractivity contribution in [2.75, 3.05) is 66.6 Å². The van der Waals surface area contributed by atoms with Crippen molar-refractivity contribution in [2.45, 2.75) is 19.8 Å². The number of likely N-dealkylation sites (N-methyl/N-ethyl adjacent to an activating group) is 1.